The second-order valence-electron chi connectivity index (χ2n) is 6.64. The van der Waals surface area contributed by atoms with E-state index in [2.05, 4.69) is 33.0 Å². The molecule has 1 fully saturated rings. The number of carbonyl (C=O) groups excluding carboxylic acids is 1. The minimum absolute atomic E-state index is 0.286. The smallest absolute Gasteiger partial charge is 0.223 e. The van der Waals surface area contributed by atoms with E-state index in [9.17, 15) is 4.79 Å². The number of hydrogen-bond donors (Lipinski definition) is 1. The van der Waals surface area contributed by atoms with Gasteiger partial charge in [0, 0.05) is 12.5 Å². The van der Waals surface area contributed by atoms with Gasteiger partial charge in [0.25, 0.3) is 0 Å². The second-order valence-corrected chi connectivity index (χ2v) is 6.64. The van der Waals surface area contributed by atoms with Gasteiger partial charge >= 0.3 is 0 Å². The molecule has 1 aliphatic carbocycles. The van der Waals surface area contributed by atoms with Crippen LogP contribution in [0.25, 0.3) is 0 Å². The van der Waals surface area contributed by atoms with Gasteiger partial charge in [0.2, 0.25) is 5.91 Å². The average molecular weight is 267 g/mol. The Hall–Kier alpha value is -0.530. The molecule has 2 nitrogen and oxygen atoms in total. The van der Waals surface area contributed by atoms with Gasteiger partial charge in [-0.2, -0.15) is 0 Å². The number of carbonyl (C=O) groups is 1. The van der Waals surface area contributed by atoms with Crippen LogP contribution < -0.4 is 5.32 Å². The molecule has 1 rings (SSSR count). The van der Waals surface area contributed by atoms with E-state index < -0.39 is 0 Å². The van der Waals surface area contributed by atoms with E-state index in [0.717, 1.165) is 31.2 Å². The molecule has 19 heavy (non-hydrogen) atoms. The van der Waals surface area contributed by atoms with Gasteiger partial charge in [0.1, 0.15) is 0 Å². The Morgan fingerprint density at radius 2 is 1.79 bits per heavy atom. The van der Waals surface area contributed by atoms with E-state index in [1.54, 1.807) is 0 Å². The third-order valence-electron chi connectivity index (χ3n) is 5.00. The molecular formula is C17H33NO. The fourth-order valence-electron chi connectivity index (χ4n) is 3.30. The summed E-state index contributed by atoms with van der Waals surface area (Å²) in [6.07, 6.45) is 8.38. The molecule has 0 aromatic carbocycles. The van der Waals surface area contributed by atoms with Crippen LogP contribution in [0.1, 0.15) is 72.6 Å². The minimum atomic E-state index is 0.286. The van der Waals surface area contributed by atoms with Crippen molar-refractivity contribution < 1.29 is 4.79 Å². The van der Waals surface area contributed by atoms with E-state index in [0.29, 0.717) is 11.8 Å². The fraction of sp³-hybridized carbons (Fsp3) is 0.941. The van der Waals surface area contributed by atoms with Gasteiger partial charge in [-0.05, 0) is 49.9 Å². The summed E-state index contributed by atoms with van der Waals surface area (Å²) in [6, 6.07) is 0. The highest BCUT2D eigenvalue weighted by atomic mass is 16.1. The lowest BCUT2D eigenvalue weighted by Gasteiger charge is -2.31. The van der Waals surface area contributed by atoms with Gasteiger partial charge in [0.05, 0.1) is 0 Å². The Balaban J connectivity index is 2.25. The van der Waals surface area contributed by atoms with Crippen LogP contribution in [-0.4, -0.2) is 12.5 Å². The first kappa shape index (κ1) is 16.5. The zero-order chi connectivity index (χ0) is 14.3. The molecule has 0 aromatic heterocycles. The van der Waals surface area contributed by atoms with Gasteiger partial charge in [0.15, 0.2) is 0 Å². The quantitative estimate of drug-likeness (QED) is 0.728. The average Bonchev–Trinajstić information content (AvgIpc) is 2.44. The van der Waals surface area contributed by atoms with Gasteiger partial charge in [-0.25, -0.2) is 0 Å². The fourth-order valence-corrected chi connectivity index (χ4v) is 3.30. The van der Waals surface area contributed by atoms with Crippen LogP contribution in [0.5, 0.6) is 0 Å². The number of amides is 1. The van der Waals surface area contributed by atoms with E-state index in [-0.39, 0.29) is 5.92 Å². The minimum Gasteiger partial charge on any atom is -0.356 e. The van der Waals surface area contributed by atoms with E-state index in [1.807, 2.05) is 0 Å². The van der Waals surface area contributed by atoms with Crippen molar-refractivity contribution in [2.24, 2.45) is 23.7 Å². The summed E-state index contributed by atoms with van der Waals surface area (Å²) < 4.78 is 0. The molecule has 0 radical (unpaired) electrons. The SMILES string of the molecule is CCCC(C)CNC(=O)C1CCC([C@H](C)CC)CC1. The van der Waals surface area contributed by atoms with Crippen molar-refractivity contribution in [2.75, 3.05) is 6.54 Å². The van der Waals surface area contributed by atoms with Crippen molar-refractivity contribution >= 4 is 5.91 Å². The third-order valence-corrected chi connectivity index (χ3v) is 5.00. The van der Waals surface area contributed by atoms with Crippen molar-refractivity contribution in [2.45, 2.75) is 72.6 Å². The monoisotopic (exact) mass is 267 g/mol. The van der Waals surface area contributed by atoms with Gasteiger partial charge in [-0.15, -0.1) is 0 Å². The van der Waals surface area contributed by atoms with Crippen LogP contribution in [0.2, 0.25) is 0 Å². The summed E-state index contributed by atoms with van der Waals surface area (Å²) >= 11 is 0. The predicted octanol–water partition coefficient (Wildman–Crippen LogP) is 4.39. The molecule has 0 saturated heterocycles. The molecular weight excluding hydrogens is 234 g/mol. The van der Waals surface area contributed by atoms with Crippen LogP contribution in [0.4, 0.5) is 0 Å². The van der Waals surface area contributed by atoms with Crippen molar-refractivity contribution in [1.29, 1.82) is 0 Å². The van der Waals surface area contributed by atoms with Crippen molar-refractivity contribution in [3.8, 4) is 0 Å². The van der Waals surface area contributed by atoms with Crippen LogP contribution in [-0.2, 0) is 4.79 Å². The van der Waals surface area contributed by atoms with Gasteiger partial charge < -0.3 is 5.32 Å². The van der Waals surface area contributed by atoms with Crippen LogP contribution in [0.15, 0.2) is 0 Å². The van der Waals surface area contributed by atoms with Crippen molar-refractivity contribution in [1.82, 2.24) is 5.32 Å². The number of nitrogens with one attached hydrogen (secondary N) is 1. The normalized spacial score (nSPS) is 26.7. The third kappa shape index (κ3) is 5.54. The number of hydrogen-bond acceptors (Lipinski definition) is 1. The summed E-state index contributed by atoms with van der Waals surface area (Å²) in [5.74, 6) is 2.90. The maximum atomic E-state index is 12.1. The predicted molar refractivity (Wildman–Crippen MR) is 82.0 cm³/mol. The van der Waals surface area contributed by atoms with Crippen molar-refractivity contribution in [3.63, 3.8) is 0 Å². The Morgan fingerprint density at radius 3 is 2.32 bits per heavy atom. The maximum Gasteiger partial charge on any atom is 0.223 e. The lowest BCUT2D eigenvalue weighted by Crippen LogP contribution is -2.36. The molecule has 2 atom stereocenters. The first-order valence-corrected chi connectivity index (χ1v) is 8.36. The molecule has 0 spiro atoms. The first-order valence-electron chi connectivity index (χ1n) is 8.36. The molecule has 1 amide bonds. The molecule has 1 N–H and O–H groups in total. The van der Waals surface area contributed by atoms with Crippen LogP contribution in [0, 0.1) is 23.7 Å². The molecule has 0 aliphatic heterocycles. The summed E-state index contributed by atoms with van der Waals surface area (Å²) in [7, 11) is 0. The van der Waals surface area contributed by atoms with Crippen molar-refractivity contribution in [3.05, 3.63) is 0 Å². The summed E-state index contributed by atoms with van der Waals surface area (Å²) in [5.41, 5.74) is 0. The molecule has 2 heteroatoms. The van der Waals surface area contributed by atoms with E-state index in [1.165, 1.54) is 32.1 Å². The standard InChI is InChI=1S/C17H33NO/c1-5-7-13(3)12-18-17(19)16-10-8-15(9-11-16)14(4)6-2/h13-16H,5-12H2,1-4H3,(H,18,19)/t13?,14-,15?,16?/m1/s1. The first-order chi connectivity index (χ1) is 9.08. The summed E-state index contributed by atoms with van der Waals surface area (Å²) in [5, 5.41) is 3.16. The summed E-state index contributed by atoms with van der Waals surface area (Å²) in [6.45, 7) is 9.92. The lowest BCUT2D eigenvalue weighted by atomic mass is 9.75. The molecule has 0 bridgehead atoms. The highest BCUT2D eigenvalue weighted by molar-refractivity contribution is 5.78. The van der Waals surface area contributed by atoms with E-state index in [4.69, 9.17) is 0 Å². The summed E-state index contributed by atoms with van der Waals surface area (Å²) in [4.78, 5) is 12.1. The molecule has 112 valence electrons. The molecule has 0 aromatic rings. The second kappa shape index (κ2) is 8.60. The van der Waals surface area contributed by atoms with Gasteiger partial charge in [-0.3, -0.25) is 4.79 Å². The van der Waals surface area contributed by atoms with Crippen LogP contribution >= 0.6 is 0 Å². The maximum absolute atomic E-state index is 12.1. The molecule has 1 aliphatic rings. The largest absolute Gasteiger partial charge is 0.356 e. The lowest BCUT2D eigenvalue weighted by molar-refractivity contribution is -0.126. The molecule has 1 saturated carbocycles. The Bertz CT molecular complexity index is 256. The molecule has 0 heterocycles. The Labute approximate surface area is 119 Å². The highest BCUT2D eigenvalue weighted by Crippen LogP contribution is 2.34. The topological polar surface area (TPSA) is 29.1 Å². The highest BCUT2D eigenvalue weighted by Gasteiger charge is 2.28. The Morgan fingerprint density at radius 1 is 1.16 bits per heavy atom. The zero-order valence-corrected chi connectivity index (χ0v) is 13.4. The van der Waals surface area contributed by atoms with Gasteiger partial charge in [-0.1, -0.05) is 40.5 Å². The molecule has 1 unspecified atom stereocenters. The number of rotatable bonds is 7. The Kier molecular flexibility index (Phi) is 7.48. The van der Waals surface area contributed by atoms with E-state index >= 15 is 0 Å². The zero-order valence-electron chi connectivity index (χ0n) is 13.4. The van der Waals surface area contributed by atoms with Crippen LogP contribution in [0.3, 0.4) is 0 Å².